The number of carbonyl (C=O) groups is 1. The summed E-state index contributed by atoms with van der Waals surface area (Å²) < 4.78 is 0. The fourth-order valence-electron chi connectivity index (χ4n) is 2.27. The predicted molar refractivity (Wildman–Crippen MR) is 83.9 cm³/mol. The highest BCUT2D eigenvalue weighted by Crippen LogP contribution is 2.20. The van der Waals surface area contributed by atoms with Crippen LogP contribution in [0.4, 0.5) is 0 Å². The molecular weight excluding hydrogens is 280 g/mol. The van der Waals surface area contributed by atoms with Crippen molar-refractivity contribution in [1.29, 1.82) is 0 Å². The van der Waals surface area contributed by atoms with Crippen molar-refractivity contribution in [3.8, 4) is 5.75 Å². The zero-order valence-corrected chi connectivity index (χ0v) is 12.7. The molecule has 0 aliphatic rings. The minimum atomic E-state index is -1.12. The zero-order chi connectivity index (χ0) is 16.1. The molecule has 22 heavy (non-hydrogen) atoms. The van der Waals surface area contributed by atoms with Gasteiger partial charge in [0.15, 0.2) is 0 Å². The van der Waals surface area contributed by atoms with Crippen molar-refractivity contribution in [2.24, 2.45) is 0 Å². The fourth-order valence-corrected chi connectivity index (χ4v) is 2.27. The summed E-state index contributed by atoms with van der Waals surface area (Å²) in [6, 6.07) is 10.8. The van der Waals surface area contributed by atoms with Crippen LogP contribution in [0.25, 0.3) is 0 Å². The second kappa shape index (κ2) is 7.04. The van der Waals surface area contributed by atoms with Crippen LogP contribution in [-0.2, 0) is 13.0 Å². The molecule has 116 valence electrons. The number of aromatic hydroxyl groups is 1. The van der Waals surface area contributed by atoms with Crippen molar-refractivity contribution in [2.45, 2.75) is 25.9 Å². The van der Waals surface area contributed by atoms with Crippen molar-refractivity contribution in [2.75, 3.05) is 7.05 Å². The third-order valence-corrected chi connectivity index (χ3v) is 3.71. The summed E-state index contributed by atoms with van der Waals surface area (Å²) in [7, 11) is 1.99. The Kier molecular flexibility index (Phi) is 5.12. The molecule has 2 N–H and O–H groups in total. The average molecular weight is 300 g/mol. The number of pyridine rings is 1. The molecule has 0 fully saturated rings. The first-order valence-corrected chi connectivity index (χ1v) is 7.12. The van der Waals surface area contributed by atoms with Crippen LogP contribution < -0.4 is 0 Å². The lowest BCUT2D eigenvalue weighted by Gasteiger charge is -2.24. The summed E-state index contributed by atoms with van der Waals surface area (Å²) in [5.74, 6) is -1.33. The molecule has 1 heterocycles. The third kappa shape index (κ3) is 4.05. The summed E-state index contributed by atoms with van der Waals surface area (Å²) in [5, 5.41) is 18.6. The molecule has 0 saturated carbocycles. The standard InChI is InChI=1S/C17H20N2O3/c1-12(9-14-5-3-4-8-18-14)19(2)11-13-6-7-16(20)15(10-13)17(21)22/h3-8,10,12,20H,9,11H2,1-2H3,(H,21,22). The smallest absolute Gasteiger partial charge is 0.339 e. The molecule has 0 saturated heterocycles. The Balaban J connectivity index is 2.03. The van der Waals surface area contributed by atoms with Gasteiger partial charge in [-0.3, -0.25) is 9.88 Å². The van der Waals surface area contributed by atoms with E-state index in [1.54, 1.807) is 12.3 Å². The van der Waals surface area contributed by atoms with Crippen LogP contribution in [0.2, 0.25) is 0 Å². The maximum atomic E-state index is 11.1. The Morgan fingerprint density at radius 1 is 1.32 bits per heavy atom. The Morgan fingerprint density at radius 3 is 2.73 bits per heavy atom. The fraction of sp³-hybridized carbons (Fsp3) is 0.294. The van der Waals surface area contributed by atoms with Gasteiger partial charge in [-0.1, -0.05) is 12.1 Å². The van der Waals surface area contributed by atoms with Crippen LogP contribution in [0.1, 0.15) is 28.5 Å². The number of aromatic carboxylic acids is 1. The van der Waals surface area contributed by atoms with Crippen LogP contribution in [0.3, 0.4) is 0 Å². The van der Waals surface area contributed by atoms with Crippen LogP contribution in [0, 0.1) is 0 Å². The number of rotatable bonds is 6. The van der Waals surface area contributed by atoms with Gasteiger partial charge >= 0.3 is 5.97 Å². The van der Waals surface area contributed by atoms with Gasteiger partial charge < -0.3 is 10.2 Å². The van der Waals surface area contributed by atoms with Crippen LogP contribution in [0.15, 0.2) is 42.6 Å². The number of hydrogen-bond acceptors (Lipinski definition) is 4. The van der Waals surface area contributed by atoms with Crippen molar-refractivity contribution in [3.63, 3.8) is 0 Å². The summed E-state index contributed by atoms with van der Waals surface area (Å²) in [4.78, 5) is 17.5. The number of benzene rings is 1. The molecule has 0 bridgehead atoms. The van der Waals surface area contributed by atoms with E-state index in [0.717, 1.165) is 17.7 Å². The molecule has 0 aliphatic heterocycles. The number of hydrogen-bond donors (Lipinski definition) is 2. The largest absolute Gasteiger partial charge is 0.507 e. The van der Waals surface area contributed by atoms with Crippen LogP contribution in [-0.4, -0.2) is 39.2 Å². The van der Waals surface area contributed by atoms with Gasteiger partial charge in [0.25, 0.3) is 0 Å². The lowest BCUT2D eigenvalue weighted by Crippen LogP contribution is -2.30. The molecule has 1 atom stereocenters. The van der Waals surface area contributed by atoms with Gasteiger partial charge in [-0.15, -0.1) is 0 Å². The Morgan fingerprint density at radius 2 is 2.09 bits per heavy atom. The van der Waals surface area contributed by atoms with Crippen molar-refractivity contribution in [1.82, 2.24) is 9.88 Å². The summed E-state index contributed by atoms with van der Waals surface area (Å²) in [6.45, 7) is 2.71. The molecule has 2 aromatic rings. The van der Waals surface area contributed by atoms with E-state index in [-0.39, 0.29) is 17.4 Å². The number of carboxylic acids is 1. The van der Waals surface area contributed by atoms with Gasteiger partial charge in [-0.2, -0.15) is 0 Å². The van der Waals surface area contributed by atoms with Gasteiger partial charge in [0.1, 0.15) is 11.3 Å². The maximum Gasteiger partial charge on any atom is 0.339 e. The highest BCUT2D eigenvalue weighted by molar-refractivity contribution is 5.90. The topological polar surface area (TPSA) is 73.7 Å². The number of carboxylic acid groups (broad SMARTS) is 1. The Labute approximate surface area is 129 Å². The highest BCUT2D eigenvalue weighted by Gasteiger charge is 2.14. The van der Waals surface area contributed by atoms with Crippen LogP contribution in [0.5, 0.6) is 5.75 Å². The normalized spacial score (nSPS) is 12.3. The second-order valence-corrected chi connectivity index (χ2v) is 5.45. The van der Waals surface area contributed by atoms with Crippen molar-refractivity contribution < 1.29 is 15.0 Å². The molecule has 0 spiro atoms. The summed E-state index contributed by atoms with van der Waals surface area (Å²) >= 11 is 0. The molecule has 0 aliphatic carbocycles. The molecule has 5 heteroatoms. The Hall–Kier alpha value is -2.40. The number of nitrogens with zero attached hydrogens (tertiary/aromatic N) is 2. The first kappa shape index (κ1) is 16.0. The highest BCUT2D eigenvalue weighted by atomic mass is 16.4. The first-order valence-electron chi connectivity index (χ1n) is 7.12. The molecule has 0 amide bonds. The average Bonchev–Trinajstić information content (AvgIpc) is 2.49. The van der Waals surface area contributed by atoms with E-state index in [9.17, 15) is 9.90 Å². The lowest BCUT2D eigenvalue weighted by molar-refractivity contribution is 0.0693. The quantitative estimate of drug-likeness (QED) is 0.857. The second-order valence-electron chi connectivity index (χ2n) is 5.45. The molecule has 1 aromatic carbocycles. The molecule has 5 nitrogen and oxygen atoms in total. The van der Waals surface area contributed by atoms with Crippen LogP contribution >= 0.6 is 0 Å². The van der Waals surface area contributed by atoms with Gasteiger partial charge in [-0.05, 0) is 43.8 Å². The zero-order valence-electron chi connectivity index (χ0n) is 12.7. The van der Waals surface area contributed by atoms with Gasteiger partial charge in [-0.25, -0.2) is 4.79 Å². The molecule has 1 unspecified atom stereocenters. The summed E-state index contributed by atoms with van der Waals surface area (Å²) in [6.07, 6.45) is 2.60. The molecular formula is C17H20N2O3. The number of aromatic nitrogens is 1. The molecule has 1 aromatic heterocycles. The molecule has 2 rings (SSSR count). The van der Waals surface area contributed by atoms with E-state index in [4.69, 9.17) is 5.11 Å². The number of phenols is 1. The van der Waals surface area contributed by atoms with E-state index < -0.39 is 5.97 Å². The van der Waals surface area contributed by atoms with Gasteiger partial charge in [0.2, 0.25) is 0 Å². The minimum absolute atomic E-state index is 0.0664. The van der Waals surface area contributed by atoms with Gasteiger partial charge in [0.05, 0.1) is 0 Å². The minimum Gasteiger partial charge on any atom is -0.507 e. The maximum absolute atomic E-state index is 11.1. The van der Waals surface area contributed by atoms with E-state index in [0.29, 0.717) is 6.54 Å². The number of likely N-dealkylation sites (N-methyl/N-ethyl adjacent to an activating group) is 1. The van der Waals surface area contributed by atoms with E-state index in [2.05, 4.69) is 16.8 Å². The van der Waals surface area contributed by atoms with E-state index in [1.807, 2.05) is 25.2 Å². The lowest BCUT2D eigenvalue weighted by atomic mass is 10.1. The first-order chi connectivity index (χ1) is 10.5. The summed E-state index contributed by atoms with van der Waals surface area (Å²) in [5.41, 5.74) is 1.81. The monoisotopic (exact) mass is 300 g/mol. The molecule has 0 radical (unpaired) electrons. The van der Waals surface area contributed by atoms with Crippen molar-refractivity contribution in [3.05, 3.63) is 59.4 Å². The van der Waals surface area contributed by atoms with Crippen molar-refractivity contribution >= 4 is 5.97 Å². The Bertz CT molecular complexity index is 644. The predicted octanol–water partition coefficient (Wildman–Crippen LogP) is 2.55. The van der Waals surface area contributed by atoms with E-state index in [1.165, 1.54) is 12.1 Å². The van der Waals surface area contributed by atoms with Gasteiger partial charge in [0, 0.05) is 30.9 Å². The van der Waals surface area contributed by atoms with E-state index >= 15 is 0 Å². The third-order valence-electron chi connectivity index (χ3n) is 3.71. The SMILES string of the molecule is CC(Cc1ccccn1)N(C)Cc1ccc(O)c(C(=O)O)c1.